The fourth-order valence-electron chi connectivity index (χ4n) is 1.98. The van der Waals surface area contributed by atoms with E-state index in [0.717, 1.165) is 21.3 Å². The molecule has 0 fully saturated rings. The molecule has 0 amide bonds. The maximum atomic E-state index is 12.0. The van der Waals surface area contributed by atoms with Crippen molar-refractivity contribution in [2.45, 2.75) is 13.0 Å². The van der Waals surface area contributed by atoms with Crippen LogP contribution in [-0.2, 0) is 9.53 Å². The van der Waals surface area contributed by atoms with Crippen LogP contribution in [0.1, 0.15) is 17.2 Å². The molecule has 0 radical (unpaired) electrons. The minimum Gasteiger partial charge on any atom is -0.467 e. The molecule has 104 valence electrons. The van der Waals surface area contributed by atoms with E-state index in [4.69, 9.17) is 4.74 Å². The number of anilines is 1. The zero-order valence-electron chi connectivity index (χ0n) is 11.4. The van der Waals surface area contributed by atoms with Crippen LogP contribution < -0.4 is 5.32 Å². The Bertz CT molecular complexity index is 613. The number of halogens is 1. The van der Waals surface area contributed by atoms with Crippen LogP contribution in [0.4, 0.5) is 5.69 Å². The van der Waals surface area contributed by atoms with Crippen molar-refractivity contribution in [2.24, 2.45) is 0 Å². The van der Waals surface area contributed by atoms with E-state index in [9.17, 15) is 4.79 Å². The van der Waals surface area contributed by atoms with Crippen molar-refractivity contribution in [1.82, 2.24) is 0 Å². The van der Waals surface area contributed by atoms with E-state index in [1.807, 2.05) is 55.5 Å². The van der Waals surface area contributed by atoms with E-state index in [1.165, 1.54) is 7.11 Å². The van der Waals surface area contributed by atoms with Gasteiger partial charge in [0.1, 0.15) is 0 Å². The lowest BCUT2D eigenvalue weighted by molar-refractivity contribution is -0.141. The van der Waals surface area contributed by atoms with Crippen molar-refractivity contribution in [3.8, 4) is 0 Å². The molecule has 1 N–H and O–H groups in total. The number of esters is 1. The summed E-state index contributed by atoms with van der Waals surface area (Å²) in [5.41, 5.74) is 2.84. The Morgan fingerprint density at radius 3 is 2.60 bits per heavy atom. The highest BCUT2D eigenvalue weighted by Crippen LogP contribution is 2.27. The van der Waals surface area contributed by atoms with E-state index in [2.05, 4.69) is 21.2 Å². The second kappa shape index (κ2) is 6.57. The van der Waals surface area contributed by atoms with Crippen molar-refractivity contribution >= 4 is 27.6 Å². The predicted octanol–water partition coefficient (Wildman–Crippen LogP) is 4.08. The summed E-state index contributed by atoms with van der Waals surface area (Å²) in [5, 5.41) is 3.22. The fourth-order valence-corrected chi connectivity index (χ4v) is 2.38. The van der Waals surface area contributed by atoms with Crippen molar-refractivity contribution in [2.75, 3.05) is 12.4 Å². The molecule has 0 spiro atoms. The molecule has 0 saturated heterocycles. The lowest BCUT2D eigenvalue weighted by Gasteiger charge is -2.19. The lowest BCUT2D eigenvalue weighted by atomic mass is 10.0. The van der Waals surface area contributed by atoms with Gasteiger partial charge in [-0.3, -0.25) is 0 Å². The zero-order valence-corrected chi connectivity index (χ0v) is 13.0. The van der Waals surface area contributed by atoms with Gasteiger partial charge in [0.2, 0.25) is 0 Å². The maximum Gasteiger partial charge on any atom is 0.332 e. The smallest absolute Gasteiger partial charge is 0.332 e. The number of methoxy groups -OCH3 is 1. The van der Waals surface area contributed by atoms with Gasteiger partial charge in [0.15, 0.2) is 6.04 Å². The summed E-state index contributed by atoms with van der Waals surface area (Å²) in [6, 6.07) is 15.0. The van der Waals surface area contributed by atoms with Gasteiger partial charge in [-0.05, 0) is 40.5 Å². The summed E-state index contributed by atoms with van der Waals surface area (Å²) in [7, 11) is 1.40. The Morgan fingerprint density at radius 1 is 1.20 bits per heavy atom. The zero-order chi connectivity index (χ0) is 14.5. The monoisotopic (exact) mass is 333 g/mol. The summed E-state index contributed by atoms with van der Waals surface area (Å²) in [4.78, 5) is 12.0. The van der Waals surface area contributed by atoms with Gasteiger partial charge in [-0.15, -0.1) is 0 Å². The molecular weight excluding hydrogens is 318 g/mol. The predicted molar refractivity (Wildman–Crippen MR) is 83.7 cm³/mol. The summed E-state index contributed by atoms with van der Waals surface area (Å²) < 4.78 is 5.81. The van der Waals surface area contributed by atoms with Crippen LogP contribution in [0.15, 0.2) is 53.0 Å². The van der Waals surface area contributed by atoms with Gasteiger partial charge in [0.05, 0.1) is 7.11 Å². The second-order valence-electron chi connectivity index (χ2n) is 4.49. The van der Waals surface area contributed by atoms with Gasteiger partial charge in [0.25, 0.3) is 0 Å². The Balaban J connectivity index is 2.34. The van der Waals surface area contributed by atoms with Crippen molar-refractivity contribution < 1.29 is 9.53 Å². The molecule has 2 aromatic rings. The molecule has 4 heteroatoms. The molecule has 0 aliphatic rings. The second-order valence-corrected chi connectivity index (χ2v) is 5.35. The molecule has 1 atom stereocenters. The third kappa shape index (κ3) is 3.39. The van der Waals surface area contributed by atoms with Crippen LogP contribution in [0, 0.1) is 6.92 Å². The minimum atomic E-state index is -0.529. The number of rotatable bonds is 4. The van der Waals surface area contributed by atoms with E-state index in [0.29, 0.717) is 0 Å². The molecule has 3 nitrogen and oxygen atoms in total. The molecule has 0 aromatic heterocycles. The molecule has 0 heterocycles. The Hall–Kier alpha value is -1.81. The molecule has 0 bridgehead atoms. The number of carbonyl (C=O) groups excluding carboxylic acids is 1. The summed E-state index contributed by atoms with van der Waals surface area (Å²) in [6.45, 7) is 2.00. The average Bonchev–Trinajstić information content (AvgIpc) is 2.45. The normalized spacial score (nSPS) is 11.8. The summed E-state index contributed by atoms with van der Waals surface area (Å²) in [5.74, 6) is -0.314. The number of aryl methyl sites for hydroxylation is 1. The van der Waals surface area contributed by atoms with Crippen molar-refractivity contribution in [1.29, 1.82) is 0 Å². The molecular formula is C16H16BrNO2. The molecule has 0 saturated carbocycles. The topological polar surface area (TPSA) is 38.3 Å². The standard InChI is InChI=1S/C16H16BrNO2/c1-11-6-5-7-12(10-11)15(16(19)20-2)18-14-9-4-3-8-13(14)17/h3-10,15,18H,1-2H3. The van der Waals surface area contributed by atoms with E-state index in [1.54, 1.807) is 0 Å². The number of nitrogens with one attached hydrogen (secondary N) is 1. The van der Waals surface area contributed by atoms with Crippen LogP contribution in [0.3, 0.4) is 0 Å². The van der Waals surface area contributed by atoms with E-state index < -0.39 is 6.04 Å². The maximum absolute atomic E-state index is 12.0. The highest BCUT2D eigenvalue weighted by atomic mass is 79.9. The number of para-hydroxylation sites is 1. The highest BCUT2D eigenvalue weighted by Gasteiger charge is 2.22. The summed E-state index contributed by atoms with van der Waals surface area (Å²) >= 11 is 3.47. The minimum absolute atomic E-state index is 0.314. The molecule has 2 rings (SSSR count). The first-order valence-electron chi connectivity index (χ1n) is 6.27. The van der Waals surface area contributed by atoms with Crippen LogP contribution in [0.2, 0.25) is 0 Å². The average molecular weight is 334 g/mol. The highest BCUT2D eigenvalue weighted by molar-refractivity contribution is 9.10. The fraction of sp³-hybridized carbons (Fsp3) is 0.188. The Morgan fingerprint density at radius 2 is 1.95 bits per heavy atom. The lowest BCUT2D eigenvalue weighted by Crippen LogP contribution is -2.22. The number of hydrogen-bond donors (Lipinski definition) is 1. The van der Waals surface area contributed by atoms with Crippen molar-refractivity contribution in [3.63, 3.8) is 0 Å². The Labute approximate surface area is 127 Å². The first-order valence-corrected chi connectivity index (χ1v) is 7.06. The first kappa shape index (κ1) is 14.6. The SMILES string of the molecule is COC(=O)C(Nc1ccccc1Br)c1cccc(C)c1. The summed E-state index contributed by atoms with van der Waals surface area (Å²) in [6.07, 6.45) is 0. The van der Waals surface area contributed by atoms with Gasteiger partial charge in [-0.2, -0.15) is 0 Å². The van der Waals surface area contributed by atoms with E-state index >= 15 is 0 Å². The van der Waals surface area contributed by atoms with E-state index in [-0.39, 0.29) is 5.97 Å². The van der Waals surface area contributed by atoms with Gasteiger partial charge >= 0.3 is 5.97 Å². The first-order chi connectivity index (χ1) is 9.61. The third-order valence-electron chi connectivity index (χ3n) is 2.99. The van der Waals surface area contributed by atoms with Crippen LogP contribution in [0.5, 0.6) is 0 Å². The van der Waals surface area contributed by atoms with Crippen LogP contribution in [-0.4, -0.2) is 13.1 Å². The number of carbonyl (C=O) groups is 1. The molecule has 20 heavy (non-hydrogen) atoms. The molecule has 2 aromatic carbocycles. The van der Waals surface area contributed by atoms with Gasteiger partial charge in [-0.25, -0.2) is 4.79 Å². The Kier molecular flexibility index (Phi) is 4.79. The van der Waals surface area contributed by atoms with Crippen LogP contribution >= 0.6 is 15.9 Å². The molecule has 0 aliphatic heterocycles. The third-order valence-corrected chi connectivity index (χ3v) is 3.68. The molecule has 0 aliphatic carbocycles. The van der Waals surface area contributed by atoms with Crippen molar-refractivity contribution in [3.05, 3.63) is 64.1 Å². The number of benzene rings is 2. The van der Waals surface area contributed by atoms with Crippen LogP contribution in [0.25, 0.3) is 0 Å². The van der Waals surface area contributed by atoms with Gasteiger partial charge in [-0.1, -0.05) is 42.0 Å². The van der Waals surface area contributed by atoms with Gasteiger partial charge < -0.3 is 10.1 Å². The number of ether oxygens (including phenoxy) is 1. The largest absolute Gasteiger partial charge is 0.467 e. The number of hydrogen-bond acceptors (Lipinski definition) is 3. The molecule has 1 unspecified atom stereocenters. The van der Waals surface area contributed by atoms with Gasteiger partial charge in [0, 0.05) is 10.2 Å². The quantitative estimate of drug-likeness (QED) is 0.856.